The SMILES string of the molecule is Cc1nc2ccc(C(=O)N3CC4CCN(C)CC4(C(=O)O)C3)cc2s1. The summed E-state index contributed by atoms with van der Waals surface area (Å²) in [7, 11) is 1.95. The molecule has 0 spiro atoms. The van der Waals surface area contributed by atoms with Gasteiger partial charge in [0.1, 0.15) is 5.41 Å². The number of aromatic nitrogens is 1. The number of aryl methyl sites for hydroxylation is 1. The third-order valence-electron chi connectivity index (χ3n) is 5.56. The summed E-state index contributed by atoms with van der Waals surface area (Å²) in [4.78, 5) is 33.2. The zero-order valence-corrected chi connectivity index (χ0v) is 15.2. The largest absolute Gasteiger partial charge is 0.481 e. The van der Waals surface area contributed by atoms with E-state index in [4.69, 9.17) is 0 Å². The Bertz CT molecular complexity index is 864. The van der Waals surface area contributed by atoms with Crippen LogP contribution in [-0.4, -0.2) is 65.0 Å². The third kappa shape index (κ3) is 2.62. The van der Waals surface area contributed by atoms with Crippen molar-refractivity contribution in [3.63, 3.8) is 0 Å². The summed E-state index contributed by atoms with van der Waals surface area (Å²) in [6.07, 6.45) is 0.819. The van der Waals surface area contributed by atoms with Crippen molar-refractivity contribution in [2.75, 3.05) is 33.2 Å². The molecule has 132 valence electrons. The second kappa shape index (κ2) is 5.78. The van der Waals surface area contributed by atoms with Crippen molar-refractivity contribution in [3.05, 3.63) is 28.8 Å². The molecule has 0 bridgehead atoms. The lowest BCUT2D eigenvalue weighted by atomic mass is 9.73. The van der Waals surface area contributed by atoms with Gasteiger partial charge in [-0.25, -0.2) is 4.98 Å². The third-order valence-corrected chi connectivity index (χ3v) is 6.50. The van der Waals surface area contributed by atoms with E-state index in [-0.39, 0.29) is 18.4 Å². The molecule has 1 aromatic carbocycles. The molecule has 2 atom stereocenters. The zero-order valence-electron chi connectivity index (χ0n) is 14.4. The Kier molecular flexibility index (Phi) is 3.81. The van der Waals surface area contributed by atoms with Crippen LogP contribution in [0.25, 0.3) is 10.2 Å². The van der Waals surface area contributed by atoms with Gasteiger partial charge in [-0.2, -0.15) is 0 Å². The van der Waals surface area contributed by atoms with E-state index in [2.05, 4.69) is 9.88 Å². The van der Waals surface area contributed by atoms with Crippen LogP contribution in [0.2, 0.25) is 0 Å². The Morgan fingerprint density at radius 3 is 2.92 bits per heavy atom. The summed E-state index contributed by atoms with van der Waals surface area (Å²) in [5.41, 5.74) is 0.676. The van der Waals surface area contributed by atoms with Gasteiger partial charge in [0.05, 0.1) is 15.2 Å². The van der Waals surface area contributed by atoms with Gasteiger partial charge in [-0.1, -0.05) is 0 Å². The van der Waals surface area contributed by atoms with Crippen molar-refractivity contribution in [1.29, 1.82) is 0 Å². The van der Waals surface area contributed by atoms with Crippen molar-refractivity contribution < 1.29 is 14.7 Å². The molecular formula is C18H21N3O3S. The quantitative estimate of drug-likeness (QED) is 0.889. The molecule has 0 saturated carbocycles. The lowest BCUT2D eigenvalue weighted by Crippen LogP contribution is -2.52. The minimum Gasteiger partial charge on any atom is -0.481 e. The fraction of sp³-hybridized carbons (Fsp3) is 0.500. The van der Waals surface area contributed by atoms with E-state index in [1.807, 2.05) is 26.1 Å². The van der Waals surface area contributed by atoms with Crippen molar-refractivity contribution in [1.82, 2.24) is 14.8 Å². The first-order valence-electron chi connectivity index (χ1n) is 8.47. The fourth-order valence-electron chi connectivity index (χ4n) is 4.28. The fourth-order valence-corrected chi connectivity index (χ4v) is 5.15. The van der Waals surface area contributed by atoms with Crippen LogP contribution in [0.4, 0.5) is 0 Å². The molecule has 2 fully saturated rings. The van der Waals surface area contributed by atoms with Crippen molar-refractivity contribution >= 4 is 33.4 Å². The smallest absolute Gasteiger partial charge is 0.313 e. The van der Waals surface area contributed by atoms with E-state index in [0.717, 1.165) is 28.2 Å². The molecule has 2 aliphatic rings. The monoisotopic (exact) mass is 359 g/mol. The molecule has 0 radical (unpaired) electrons. The number of likely N-dealkylation sites (tertiary alicyclic amines) is 2. The molecule has 3 heterocycles. The van der Waals surface area contributed by atoms with Crippen LogP contribution in [0.3, 0.4) is 0 Å². The van der Waals surface area contributed by atoms with Crippen LogP contribution in [0.1, 0.15) is 21.8 Å². The van der Waals surface area contributed by atoms with Crippen LogP contribution in [0.15, 0.2) is 18.2 Å². The number of aliphatic carboxylic acids is 1. The van der Waals surface area contributed by atoms with Gasteiger partial charge in [0, 0.05) is 25.2 Å². The molecule has 0 aliphatic carbocycles. The summed E-state index contributed by atoms with van der Waals surface area (Å²) in [6, 6.07) is 5.55. The summed E-state index contributed by atoms with van der Waals surface area (Å²) >= 11 is 1.57. The Balaban J connectivity index is 1.63. The van der Waals surface area contributed by atoms with E-state index in [0.29, 0.717) is 18.7 Å². The molecular weight excluding hydrogens is 338 g/mol. The van der Waals surface area contributed by atoms with E-state index >= 15 is 0 Å². The standard InChI is InChI=1S/C18H21N3O3S/c1-11-19-14-4-3-12(7-15(14)25-11)16(22)21-8-13-5-6-20(2)9-18(13,10-21)17(23)24/h3-4,7,13H,5-6,8-10H2,1-2H3,(H,23,24). The number of carboxylic acids is 1. The predicted molar refractivity (Wildman–Crippen MR) is 95.9 cm³/mol. The highest BCUT2D eigenvalue weighted by Crippen LogP contribution is 2.42. The number of hydrogen-bond acceptors (Lipinski definition) is 5. The van der Waals surface area contributed by atoms with Crippen LogP contribution in [0, 0.1) is 18.3 Å². The Labute approximate surface area is 150 Å². The molecule has 4 rings (SSSR count). The van der Waals surface area contributed by atoms with E-state index in [1.165, 1.54) is 0 Å². The maximum atomic E-state index is 13.0. The topological polar surface area (TPSA) is 73.7 Å². The van der Waals surface area contributed by atoms with Gasteiger partial charge in [0.25, 0.3) is 5.91 Å². The van der Waals surface area contributed by atoms with Crippen molar-refractivity contribution in [2.24, 2.45) is 11.3 Å². The first-order valence-corrected chi connectivity index (χ1v) is 9.29. The zero-order chi connectivity index (χ0) is 17.8. The van der Waals surface area contributed by atoms with Gasteiger partial charge < -0.3 is 14.9 Å². The molecule has 25 heavy (non-hydrogen) atoms. The molecule has 1 aromatic heterocycles. The number of carbonyl (C=O) groups excluding carboxylic acids is 1. The molecule has 2 aliphatic heterocycles. The summed E-state index contributed by atoms with van der Waals surface area (Å²) in [6.45, 7) is 4.15. The lowest BCUT2D eigenvalue weighted by molar-refractivity contribution is -0.153. The second-order valence-electron chi connectivity index (χ2n) is 7.29. The van der Waals surface area contributed by atoms with E-state index in [9.17, 15) is 14.7 Å². The number of hydrogen-bond donors (Lipinski definition) is 1. The molecule has 2 aromatic rings. The first kappa shape index (κ1) is 16.5. The van der Waals surface area contributed by atoms with Crippen LogP contribution in [0.5, 0.6) is 0 Å². The number of amides is 1. The second-order valence-corrected chi connectivity index (χ2v) is 8.52. The van der Waals surface area contributed by atoms with Gasteiger partial charge in [-0.05, 0) is 51.1 Å². The number of fused-ring (bicyclic) bond motifs is 2. The lowest BCUT2D eigenvalue weighted by Gasteiger charge is -2.39. The Morgan fingerprint density at radius 1 is 1.36 bits per heavy atom. The minimum absolute atomic E-state index is 0.0273. The number of thiazole rings is 1. The molecule has 2 unspecified atom stereocenters. The van der Waals surface area contributed by atoms with E-state index in [1.54, 1.807) is 22.3 Å². The number of rotatable bonds is 2. The molecule has 7 heteroatoms. The van der Waals surface area contributed by atoms with Gasteiger partial charge in [-0.15, -0.1) is 11.3 Å². The highest BCUT2D eigenvalue weighted by molar-refractivity contribution is 7.18. The predicted octanol–water partition coefficient (Wildman–Crippen LogP) is 2.08. The normalized spacial score (nSPS) is 26.8. The highest BCUT2D eigenvalue weighted by atomic mass is 32.1. The number of piperidine rings is 1. The van der Waals surface area contributed by atoms with Gasteiger partial charge >= 0.3 is 5.97 Å². The van der Waals surface area contributed by atoms with Gasteiger partial charge in [0.15, 0.2) is 0 Å². The Hall–Kier alpha value is -1.99. The van der Waals surface area contributed by atoms with Crippen molar-refractivity contribution in [2.45, 2.75) is 13.3 Å². The number of benzene rings is 1. The average molecular weight is 359 g/mol. The summed E-state index contributed by atoms with van der Waals surface area (Å²) < 4.78 is 0.993. The van der Waals surface area contributed by atoms with Crippen molar-refractivity contribution in [3.8, 4) is 0 Å². The molecule has 6 nitrogen and oxygen atoms in total. The number of carbonyl (C=O) groups is 2. The minimum atomic E-state index is -0.839. The highest BCUT2D eigenvalue weighted by Gasteiger charge is 2.55. The van der Waals surface area contributed by atoms with Crippen LogP contribution in [-0.2, 0) is 4.79 Å². The molecule has 1 amide bonds. The van der Waals surface area contributed by atoms with Crippen LogP contribution < -0.4 is 0 Å². The van der Waals surface area contributed by atoms with Gasteiger partial charge in [0.2, 0.25) is 0 Å². The Morgan fingerprint density at radius 2 is 2.16 bits per heavy atom. The maximum absolute atomic E-state index is 13.0. The van der Waals surface area contributed by atoms with E-state index < -0.39 is 11.4 Å². The number of nitrogens with zero attached hydrogens (tertiary/aromatic N) is 3. The summed E-state index contributed by atoms with van der Waals surface area (Å²) in [5.74, 6) is -0.835. The van der Waals surface area contributed by atoms with Crippen LogP contribution >= 0.6 is 11.3 Å². The maximum Gasteiger partial charge on any atom is 0.313 e. The molecule has 1 N–H and O–H groups in total. The summed E-state index contributed by atoms with van der Waals surface area (Å²) in [5, 5.41) is 10.8. The first-order chi connectivity index (χ1) is 11.9. The molecule has 2 saturated heterocycles. The number of carboxylic acid groups (broad SMARTS) is 1. The average Bonchev–Trinajstić information content (AvgIpc) is 3.13. The van der Waals surface area contributed by atoms with Gasteiger partial charge in [-0.3, -0.25) is 9.59 Å².